The van der Waals surface area contributed by atoms with Crippen LogP contribution in [0.2, 0.25) is 0 Å². The van der Waals surface area contributed by atoms with Crippen LogP contribution in [0, 0.1) is 0 Å². The van der Waals surface area contributed by atoms with E-state index in [9.17, 15) is 0 Å². The quantitative estimate of drug-likeness (QED) is 0.782. The van der Waals surface area contributed by atoms with Gasteiger partial charge in [-0.3, -0.25) is 0 Å². The first-order valence-electron chi connectivity index (χ1n) is 7.05. The third-order valence-corrected chi connectivity index (χ3v) is 3.92. The van der Waals surface area contributed by atoms with Crippen LogP contribution in [-0.4, -0.2) is 40.5 Å². The molecule has 1 heterocycles. The van der Waals surface area contributed by atoms with E-state index in [4.69, 9.17) is 23.7 Å². The van der Waals surface area contributed by atoms with Gasteiger partial charge in [-0.2, -0.15) is 0 Å². The van der Waals surface area contributed by atoms with Crippen molar-refractivity contribution in [2.75, 3.05) is 35.5 Å². The van der Waals surface area contributed by atoms with Crippen molar-refractivity contribution in [3.63, 3.8) is 0 Å². The van der Waals surface area contributed by atoms with Crippen LogP contribution in [0.3, 0.4) is 0 Å². The lowest BCUT2D eigenvalue weighted by Gasteiger charge is -2.12. The number of methoxy groups -OCH3 is 5. The Morgan fingerprint density at radius 3 is 1.87 bits per heavy atom. The molecule has 1 N–H and O–H groups in total. The molecule has 0 saturated heterocycles. The second-order valence-corrected chi connectivity index (χ2v) is 4.91. The Bertz CT molecular complexity index is 868. The zero-order chi connectivity index (χ0) is 16.6. The lowest BCUT2D eigenvalue weighted by Crippen LogP contribution is -1.93. The summed E-state index contributed by atoms with van der Waals surface area (Å²) in [6.07, 6.45) is 0. The van der Waals surface area contributed by atoms with Crippen molar-refractivity contribution >= 4 is 21.8 Å². The number of ether oxygens (including phenoxy) is 5. The summed E-state index contributed by atoms with van der Waals surface area (Å²) in [6.45, 7) is 0. The molecule has 0 aliphatic carbocycles. The lowest BCUT2D eigenvalue weighted by atomic mass is 10.1. The Labute approximate surface area is 133 Å². The normalized spacial score (nSPS) is 10.8. The number of hydrogen-bond acceptors (Lipinski definition) is 5. The van der Waals surface area contributed by atoms with Gasteiger partial charge < -0.3 is 28.7 Å². The standard InChI is InChI=1S/C17H19NO5/c1-19-10-7-6-9-13-15(18-14(9)17(10)23-5)11(20-2)8-12(21-3)16(13)22-4/h6-8,18H,1-5H3. The Kier molecular flexibility index (Phi) is 3.82. The number of rotatable bonds is 5. The van der Waals surface area contributed by atoms with Crippen LogP contribution in [0.1, 0.15) is 0 Å². The van der Waals surface area contributed by atoms with Gasteiger partial charge in [0.15, 0.2) is 23.0 Å². The number of aromatic nitrogens is 1. The van der Waals surface area contributed by atoms with Crippen molar-refractivity contribution in [2.45, 2.75) is 0 Å². The van der Waals surface area contributed by atoms with E-state index in [2.05, 4.69) is 4.98 Å². The number of H-pyrrole nitrogens is 1. The molecule has 0 bridgehead atoms. The lowest BCUT2D eigenvalue weighted by molar-refractivity contribution is 0.354. The van der Waals surface area contributed by atoms with Crippen molar-refractivity contribution in [2.24, 2.45) is 0 Å². The largest absolute Gasteiger partial charge is 0.494 e. The molecule has 0 radical (unpaired) electrons. The van der Waals surface area contributed by atoms with E-state index < -0.39 is 0 Å². The molecule has 6 heteroatoms. The summed E-state index contributed by atoms with van der Waals surface area (Å²) in [4.78, 5) is 3.35. The van der Waals surface area contributed by atoms with Gasteiger partial charge in [0.1, 0.15) is 5.75 Å². The van der Waals surface area contributed by atoms with Crippen molar-refractivity contribution < 1.29 is 23.7 Å². The maximum absolute atomic E-state index is 5.57. The van der Waals surface area contributed by atoms with Gasteiger partial charge in [0.2, 0.25) is 0 Å². The predicted octanol–water partition coefficient (Wildman–Crippen LogP) is 3.36. The summed E-state index contributed by atoms with van der Waals surface area (Å²) in [5.41, 5.74) is 1.62. The molecule has 0 atom stereocenters. The highest BCUT2D eigenvalue weighted by Gasteiger charge is 2.22. The summed E-state index contributed by atoms with van der Waals surface area (Å²) >= 11 is 0. The SMILES string of the molecule is COc1ccc2c([nH]c3c(OC)cc(OC)c(OC)c32)c1OC. The highest BCUT2D eigenvalue weighted by molar-refractivity contribution is 6.15. The van der Waals surface area contributed by atoms with Gasteiger partial charge in [-0.1, -0.05) is 0 Å². The number of nitrogens with one attached hydrogen (secondary N) is 1. The summed E-state index contributed by atoms with van der Waals surface area (Å²) in [5.74, 6) is 3.19. The minimum absolute atomic E-state index is 0.604. The van der Waals surface area contributed by atoms with Crippen LogP contribution in [0.25, 0.3) is 21.8 Å². The zero-order valence-electron chi connectivity index (χ0n) is 13.8. The van der Waals surface area contributed by atoms with E-state index in [-0.39, 0.29) is 0 Å². The number of aromatic amines is 1. The molecule has 3 aromatic rings. The number of benzene rings is 2. The van der Waals surface area contributed by atoms with Gasteiger partial charge in [0.25, 0.3) is 0 Å². The topological polar surface area (TPSA) is 61.9 Å². The number of hydrogen-bond donors (Lipinski definition) is 1. The van der Waals surface area contributed by atoms with Crippen LogP contribution in [0.4, 0.5) is 0 Å². The minimum Gasteiger partial charge on any atom is -0.494 e. The first kappa shape index (κ1) is 15.1. The Morgan fingerprint density at radius 1 is 0.652 bits per heavy atom. The molecular weight excluding hydrogens is 298 g/mol. The number of fused-ring (bicyclic) bond motifs is 3. The first-order chi connectivity index (χ1) is 11.2. The van der Waals surface area contributed by atoms with Crippen molar-refractivity contribution in [3.05, 3.63) is 18.2 Å². The molecule has 23 heavy (non-hydrogen) atoms. The van der Waals surface area contributed by atoms with Crippen LogP contribution in [0.15, 0.2) is 18.2 Å². The Hall–Kier alpha value is -2.76. The minimum atomic E-state index is 0.604. The molecule has 0 amide bonds. The van der Waals surface area contributed by atoms with Gasteiger partial charge in [-0.25, -0.2) is 0 Å². The van der Waals surface area contributed by atoms with E-state index in [0.717, 1.165) is 21.8 Å². The van der Waals surface area contributed by atoms with Crippen LogP contribution >= 0.6 is 0 Å². The van der Waals surface area contributed by atoms with Crippen LogP contribution < -0.4 is 23.7 Å². The molecule has 0 aliphatic heterocycles. The summed E-state index contributed by atoms with van der Waals surface area (Å²) < 4.78 is 27.4. The average Bonchev–Trinajstić information content (AvgIpc) is 2.98. The monoisotopic (exact) mass is 317 g/mol. The highest BCUT2D eigenvalue weighted by atomic mass is 16.5. The highest BCUT2D eigenvalue weighted by Crippen LogP contribution is 2.47. The smallest absolute Gasteiger partial charge is 0.184 e. The fourth-order valence-electron chi connectivity index (χ4n) is 2.90. The maximum atomic E-state index is 5.57. The summed E-state index contributed by atoms with van der Waals surface area (Å²) in [6, 6.07) is 5.61. The Balaban J connectivity index is 2.52. The van der Waals surface area contributed by atoms with E-state index in [1.807, 2.05) is 12.1 Å². The third kappa shape index (κ3) is 2.10. The first-order valence-corrected chi connectivity index (χ1v) is 7.05. The fourth-order valence-corrected chi connectivity index (χ4v) is 2.90. The van der Waals surface area contributed by atoms with Crippen molar-refractivity contribution in [1.29, 1.82) is 0 Å². The van der Waals surface area contributed by atoms with E-state index in [0.29, 0.717) is 28.7 Å². The van der Waals surface area contributed by atoms with Crippen LogP contribution in [0.5, 0.6) is 28.7 Å². The van der Waals surface area contributed by atoms with Crippen molar-refractivity contribution in [3.8, 4) is 28.7 Å². The van der Waals surface area contributed by atoms with Gasteiger partial charge in [0, 0.05) is 11.5 Å². The molecule has 2 aromatic carbocycles. The zero-order valence-corrected chi connectivity index (χ0v) is 13.8. The third-order valence-electron chi connectivity index (χ3n) is 3.92. The second kappa shape index (κ2) is 5.79. The van der Waals surface area contributed by atoms with Gasteiger partial charge >= 0.3 is 0 Å². The second-order valence-electron chi connectivity index (χ2n) is 4.91. The van der Waals surface area contributed by atoms with Crippen molar-refractivity contribution in [1.82, 2.24) is 4.98 Å². The molecule has 0 unspecified atom stereocenters. The summed E-state index contributed by atoms with van der Waals surface area (Å²) in [5, 5.41) is 1.81. The molecule has 0 saturated carbocycles. The van der Waals surface area contributed by atoms with E-state index >= 15 is 0 Å². The van der Waals surface area contributed by atoms with Gasteiger partial charge in [0.05, 0.1) is 52.0 Å². The molecule has 6 nitrogen and oxygen atoms in total. The average molecular weight is 317 g/mol. The predicted molar refractivity (Wildman–Crippen MR) is 88.6 cm³/mol. The molecule has 122 valence electrons. The Morgan fingerprint density at radius 2 is 1.30 bits per heavy atom. The molecule has 0 fully saturated rings. The van der Waals surface area contributed by atoms with Crippen LogP contribution in [-0.2, 0) is 0 Å². The molecule has 0 spiro atoms. The van der Waals surface area contributed by atoms with Gasteiger partial charge in [-0.05, 0) is 12.1 Å². The van der Waals surface area contributed by atoms with Gasteiger partial charge in [-0.15, -0.1) is 0 Å². The maximum Gasteiger partial charge on any atom is 0.184 e. The summed E-state index contributed by atoms with van der Waals surface area (Å²) in [7, 11) is 8.04. The molecular formula is C17H19NO5. The van der Waals surface area contributed by atoms with E-state index in [1.54, 1.807) is 41.6 Å². The molecule has 1 aromatic heterocycles. The molecule has 0 aliphatic rings. The fraction of sp³-hybridized carbons (Fsp3) is 0.294. The molecule has 3 rings (SSSR count). The van der Waals surface area contributed by atoms with E-state index in [1.165, 1.54) is 0 Å².